The van der Waals surface area contributed by atoms with Crippen LogP contribution in [0.4, 0.5) is 5.82 Å². The number of aromatic nitrogens is 3. The summed E-state index contributed by atoms with van der Waals surface area (Å²) in [6.07, 6.45) is 5.86. The lowest BCUT2D eigenvalue weighted by Gasteiger charge is -2.36. The standard InChI is InChI=1S/C25H27N5O/c1-16-6-9-23(27-13-16)28-14-20-12-18-11-19(18)15-30(20)25(31)24-21(8-7-17(2)29-24)22-5-3-4-10-26-22/h3-10,13,18-20H,11-12,14-15H2,1-2H3,(H,27,28). The minimum atomic E-state index is -0.00151. The normalized spacial score (nSPS) is 22.0. The van der Waals surface area contributed by atoms with Crippen molar-refractivity contribution >= 4 is 11.7 Å². The number of nitrogens with one attached hydrogen (secondary N) is 1. The van der Waals surface area contributed by atoms with Crippen LogP contribution in [0.3, 0.4) is 0 Å². The molecule has 1 aliphatic heterocycles. The molecule has 4 heterocycles. The first kappa shape index (κ1) is 19.7. The van der Waals surface area contributed by atoms with Gasteiger partial charge in [-0.1, -0.05) is 12.1 Å². The van der Waals surface area contributed by atoms with Crippen molar-refractivity contribution in [2.24, 2.45) is 11.8 Å². The Hall–Kier alpha value is -3.28. The number of hydrogen-bond acceptors (Lipinski definition) is 5. The van der Waals surface area contributed by atoms with E-state index in [1.165, 1.54) is 6.42 Å². The van der Waals surface area contributed by atoms with Crippen molar-refractivity contribution in [1.29, 1.82) is 0 Å². The maximum atomic E-state index is 13.8. The molecule has 2 aliphatic rings. The third kappa shape index (κ3) is 4.15. The Morgan fingerprint density at radius 2 is 1.97 bits per heavy atom. The van der Waals surface area contributed by atoms with Gasteiger partial charge >= 0.3 is 0 Å². The van der Waals surface area contributed by atoms with Crippen molar-refractivity contribution in [3.63, 3.8) is 0 Å². The van der Waals surface area contributed by atoms with E-state index in [4.69, 9.17) is 0 Å². The van der Waals surface area contributed by atoms with Gasteiger partial charge in [0.25, 0.3) is 5.91 Å². The summed E-state index contributed by atoms with van der Waals surface area (Å²) >= 11 is 0. The summed E-state index contributed by atoms with van der Waals surface area (Å²) in [5.74, 6) is 2.21. The number of fused-ring (bicyclic) bond motifs is 1. The van der Waals surface area contributed by atoms with Crippen LogP contribution in [0.5, 0.6) is 0 Å². The molecule has 3 atom stereocenters. The first-order valence-electron chi connectivity index (χ1n) is 10.9. The molecule has 0 aromatic carbocycles. The summed E-state index contributed by atoms with van der Waals surface area (Å²) in [5, 5.41) is 3.44. The lowest BCUT2D eigenvalue weighted by atomic mass is 9.99. The van der Waals surface area contributed by atoms with Crippen LogP contribution in [0.2, 0.25) is 0 Å². The zero-order valence-electron chi connectivity index (χ0n) is 18.0. The van der Waals surface area contributed by atoms with Crippen LogP contribution in [0.1, 0.15) is 34.6 Å². The van der Waals surface area contributed by atoms with Crippen LogP contribution in [0, 0.1) is 25.7 Å². The largest absolute Gasteiger partial charge is 0.368 e. The summed E-state index contributed by atoms with van der Waals surface area (Å²) in [4.78, 5) is 29.4. The fourth-order valence-electron chi connectivity index (χ4n) is 4.52. The molecule has 6 heteroatoms. The van der Waals surface area contributed by atoms with Crippen molar-refractivity contribution in [1.82, 2.24) is 19.9 Å². The number of aryl methyl sites for hydroxylation is 2. The Bertz CT molecular complexity index is 1080. The second-order valence-corrected chi connectivity index (χ2v) is 8.77. The number of piperidine rings is 1. The molecule has 6 nitrogen and oxygen atoms in total. The van der Waals surface area contributed by atoms with Gasteiger partial charge in [-0.3, -0.25) is 9.78 Å². The highest BCUT2D eigenvalue weighted by Crippen LogP contribution is 2.47. The number of carbonyl (C=O) groups is 1. The van der Waals surface area contributed by atoms with E-state index in [0.29, 0.717) is 18.2 Å². The third-order valence-corrected chi connectivity index (χ3v) is 6.38. The summed E-state index contributed by atoms with van der Waals surface area (Å²) in [6, 6.07) is 13.8. The molecule has 3 aromatic rings. The average Bonchev–Trinajstić information content (AvgIpc) is 3.56. The molecule has 3 unspecified atom stereocenters. The van der Waals surface area contributed by atoms with Crippen molar-refractivity contribution in [2.45, 2.75) is 32.7 Å². The molecule has 1 aliphatic carbocycles. The fourth-order valence-corrected chi connectivity index (χ4v) is 4.52. The minimum Gasteiger partial charge on any atom is -0.368 e. The Kier molecular flexibility index (Phi) is 5.14. The van der Waals surface area contributed by atoms with Crippen LogP contribution in [0.25, 0.3) is 11.3 Å². The predicted molar refractivity (Wildman–Crippen MR) is 121 cm³/mol. The molecule has 5 rings (SSSR count). The molecule has 31 heavy (non-hydrogen) atoms. The van der Waals surface area contributed by atoms with E-state index in [9.17, 15) is 4.79 Å². The second kappa shape index (κ2) is 8.10. The predicted octanol–water partition coefficient (Wildman–Crippen LogP) is 4.12. The summed E-state index contributed by atoms with van der Waals surface area (Å²) in [6.45, 7) is 5.44. The molecule has 2 fully saturated rings. The highest BCUT2D eigenvalue weighted by atomic mass is 16.2. The van der Waals surface area contributed by atoms with E-state index in [-0.39, 0.29) is 11.9 Å². The number of rotatable bonds is 5. The van der Waals surface area contributed by atoms with Crippen LogP contribution >= 0.6 is 0 Å². The molecule has 0 radical (unpaired) electrons. The monoisotopic (exact) mass is 413 g/mol. The van der Waals surface area contributed by atoms with Gasteiger partial charge in [0.1, 0.15) is 11.5 Å². The Balaban J connectivity index is 1.41. The fraction of sp³-hybridized carbons (Fsp3) is 0.360. The lowest BCUT2D eigenvalue weighted by molar-refractivity contribution is 0.0610. The molecular formula is C25H27N5O. The first-order valence-corrected chi connectivity index (χ1v) is 10.9. The summed E-state index contributed by atoms with van der Waals surface area (Å²) in [7, 11) is 0. The van der Waals surface area contributed by atoms with Gasteiger partial charge in [0, 0.05) is 42.8 Å². The Morgan fingerprint density at radius 1 is 1.06 bits per heavy atom. The SMILES string of the molecule is Cc1ccc(NCC2CC3CC3CN2C(=O)c2nc(C)ccc2-c2ccccn2)nc1. The molecular weight excluding hydrogens is 386 g/mol. The average molecular weight is 414 g/mol. The van der Waals surface area contributed by atoms with Crippen LogP contribution in [-0.2, 0) is 0 Å². The van der Waals surface area contributed by atoms with E-state index >= 15 is 0 Å². The number of amides is 1. The number of anilines is 1. The zero-order valence-corrected chi connectivity index (χ0v) is 18.0. The summed E-state index contributed by atoms with van der Waals surface area (Å²) < 4.78 is 0. The van der Waals surface area contributed by atoms with Crippen LogP contribution in [0.15, 0.2) is 54.9 Å². The van der Waals surface area contributed by atoms with Gasteiger partial charge in [-0.25, -0.2) is 9.97 Å². The van der Waals surface area contributed by atoms with Gasteiger partial charge in [-0.15, -0.1) is 0 Å². The molecule has 1 saturated carbocycles. The van der Waals surface area contributed by atoms with Crippen molar-refractivity contribution in [3.05, 3.63) is 71.8 Å². The van der Waals surface area contributed by atoms with Gasteiger partial charge in [-0.05, 0) is 74.4 Å². The van der Waals surface area contributed by atoms with Gasteiger partial charge in [0.2, 0.25) is 0 Å². The van der Waals surface area contributed by atoms with Crippen LogP contribution < -0.4 is 5.32 Å². The van der Waals surface area contributed by atoms with E-state index in [0.717, 1.165) is 47.2 Å². The number of hydrogen-bond donors (Lipinski definition) is 1. The molecule has 158 valence electrons. The topological polar surface area (TPSA) is 71.0 Å². The van der Waals surface area contributed by atoms with E-state index in [1.807, 2.05) is 67.4 Å². The van der Waals surface area contributed by atoms with Crippen molar-refractivity contribution in [2.75, 3.05) is 18.4 Å². The van der Waals surface area contributed by atoms with Gasteiger partial charge < -0.3 is 10.2 Å². The lowest BCUT2D eigenvalue weighted by Crippen LogP contribution is -2.48. The molecule has 0 bridgehead atoms. The highest BCUT2D eigenvalue weighted by molar-refractivity contribution is 5.99. The van der Waals surface area contributed by atoms with Crippen LogP contribution in [-0.4, -0.2) is 44.9 Å². The number of pyridine rings is 3. The second-order valence-electron chi connectivity index (χ2n) is 8.77. The van der Waals surface area contributed by atoms with E-state index < -0.39 is 0 Å². The van der Waals surface area contributed by atoms with Crippen molar-refractivity contribution in [3.8, 4) is 11.3 Å². The quantitative estimate of drug-likeness (QED) is 0.681. The highest BCUT2D eigenvalue weighted by Gasteiger charge is 2.47. The Morgan fingerprint density at radius 3 is 2.74 bits per heavy atom. The molecule has 0 spiro atoms. The summed E-state index contributed by atoms with van der Waals surface area (Å²) in [5.41, 5.74) is 4.03. The third-order valence-electron chi connectivity index (χ3n) is 6.38. The maximum Gasteiger partial charge on any atom is 0.273 e. The molecule has 1 amide bonds. The van der Waals surface area contributed by atoms with E-state index in [1.54, 1.807) is 6.20 Å². The smallest absolute Gasteiger partial charge is 0.273 e. The zero-order chi connectivity index (χ0) is 21.4. The molecule has 3 aromatic heterocycles. The number of nitrogens with zero attached hydrogens (tertiary/aromatic N) is 4. The van der Waals surface area contributed by atoms with Gasteiger partial charge in [-0.2, -0.15) is 0 Å². The maximum absolute atomic E-state index is 13.8. The van der Waals surface area contributed by atoms with E-state index in [2.05, 4.69) is 20.3 Å². The molecule has 1 saturated heterocycles. The van der Waals surface area contributed by atoms with Gasteiger partial charge in [0.15, 0.2) is 0 Å². The van der Waals surface area contributed by atoms with Crippen molar-refractivity contribution < 1.29 is 4.79 Å². The molecule has 1 N–H and O–H groups in total. The van der Waals surface area contributed by atoms with Gasteiger partial charge in [0.05, 0.1) is 5.69 Å². The number of likely N-dealkylation sites (tertiary alicyclic amines) is 1. The number of carbonyl (C=O) groups excluding carboxylic acids is 1. The Labute approximate surface area is 182 Å². The minimum absolute atomic E-state index is 0.00151. The first-order chi connectivity index (χ1) is 15.1.